The van der Waals surface area contributed by atoms with Gasteiger partial charge in [-0.15, -0.1) is 11.3 Å². The van der Waals surface area contributed by atoms with Crippen molar-refractivity contribution in [3.8, 4) is 0 Å². The first-order valence-electron chi connectivity index (χ1n) is 5.32. The average molecular weight is 448 g/mol. The molecule has 1 aromatic rings. The van der Waals surface area contributed by atoms with Crippen LogP contribution in [0.2, 0.25) is 0 Å². The molecule has 0 aliphatic heterocycles. The Hall–Kier alpha value is 1.16. The summed E-state index contributed by atoms with van der Waals surface area (Å²) in [6, 6.07) is 4.62. The number of rotatable bonds is 4. The predicted octanol–water partition coefficient (Wildman–Crippen LogP) is 5.87. The van der Waals surface area contributed by atoms with E-state index in [1.807, 2.05) is 11.3 Å². The van der Waals surface area contributed by atoms with E-state index in [9.17, 15) is 0 Å². The van der Waals surface area contributed by atoms with E-state index in [1.165, 1.54) is 22.6 Å². The van der Waals surface area contributed by atoms with E-state index in [4.69, 9.17) is 0 Å². The van der Waals surface area contributed by atoms with E-state index in [1.54, 1.807) is 0 Å². The van der Waals surface area contributed by atoms with Crippen LogP contribution in [0.15, 0.2) is 12.1 Å². The highest BCUT2D eigenvalue weighted by molar-refractivity contribution is 14.1. The van der Waals surface area contributed by atoms with Crippen molar-refractivity contribution in [3.63, 3.8) is 0 Å². The van der Waals surface area contributed by atoms with Gasteiger partial charge in [-0.2, -0.15) is 0 Å². The monoisotopic (exact) mass is 448 g/mol. The van der Waals surface area contributed by atoms with E-state index in [-0.39, 0.29) is 0 Å². The fraction of sp³-hybridized carbons (Fsp3) is 0.667. The maximum atomic E-state index is 2.57. The zero-order chi connectivity index (χ0) is 11.7. The van der Waals surface area contributed by atoms with Crippen molar-refractivity contribution < 1.29 is 0 Å². The Morgan fingerprint density at radius 3 is 1.60 bits per heavy atom. The topological polar surface area (TPSA) is 0 Å². The second kappa shape index (κ2) is 5.21. The molecule has 1 heterocycles. The van der Waals surface area contributed by atoms with E-state index in [2.05, 4.69) is 85.0 Å². The van der Waals surface area contributed by atoms with Gasteiger partial charge in [0.05, 0.1) is 6.84 Å². The minimum absolute atomic E-state index is 0.307. The molecule has 15 heavy (non-hydrogen) atoms. The first-order valence-corrected chi connectivity index (χ1v) is 8.29. The number of hydrogen-bond acceptors (Lipinski definition) is 1. The van der Waals surface area contributed by atoms with Crippen LogP contribution in [0.5, 0.6) is 0 Å². The first kappa shape index (κ1) is 14.2. The quantitative estimate of drug-likeness (QED) is 0.400. The summed E-state index contributed by atoms with van der Waals surface area (Å²) < 4.78 is 0.613. The van der Waals surface area contributed by atoms with Gasteiger partial charge < -0.3 is 0 Å². The van der Waals surface area contributed by atoms with Gasteiger partial charge in [0.15, 0.2) is 0 Å². The van der Waals surface area contributed by atoms with Gasteiger partial charge in [0.1, 0.15) is 0 Å². The molecule has 2 atom stereocenters. The molecule has 0 spiro atoms. The molecule has 0 saturated carbocycles. The lowest BCUT2D eigenvalue weighted by atomic mass is 10.1. The molecule has 0 fully saturated rings. The average Bonchev–Trinajstić information content (AvgIpc) is 2.67. The zero-order valence-corrected chi connectivity index (χ0v) is 14.9. The summed E-state index contributed by atoms with van der Waals surface area (Å²) >= 11 is 7.12. The fourth-order valence-corrected chi connectivity index (χ4v) is 3.49. The standard InChI is InChI=1S/C12H18I2S/c1-5-11(3,13)9-7-8-10(15-9)12(4,14)6-2/h7-8H,5-6H2,1-4H3. The Labute approximate surface area is 125 Å². The van der Waals surface area contributed by atoms with Crippen LogP contribution in [0.25, 0.3) is 0 Å². The zero-order valence-electron chi connectivity index (χ0n) is 9.73. The lowest BCUT2D eigenvalue weighted by Crippen LogP contribution is -2.09. The normalized spacial score (nSPS) is 19.6. The highest BCUT2D eigenvalue weighted by Crippen LogP contribution is 2.44. The molecule has 0 radical (unpaired) electrons. The molecule has 0 bridgehead atoms. The number of hydrogen-bond donors (Lipinski definition) is 0. The number of halogens is 2. The van der Waals surface area contributed by atoms with Gasteiger partial charge >= 0.3 is 0 Å². The fourth-order valence-electron chi connectivity index (χ4n) is 1.25. The molecule has 0 aliphatic carbocycles. The summed E-state index contributed by atoms with van der Waals surface area (Å²) in [5.74, 6) is 0. The van der Waals surface area contributed by atoms with Crippen LogP contribution in [-0.4, -0.2) is 0 Å². The summed E-state index contributed by atoms with van der Waals surface area (Å²) in [4.78, 5) is 3.02. The van der Waals surface area contributed by atoms with Crippen LogP contribution in [0.4, 0.5) is 0 Å². The third-order valence-corrected chi connectivity index (χ3v) is 7.99. The van der Waals surface area contributed by atoms with Crippen LogP contribution < -0.4 is 0 Å². The third-order valence-electron chi connectivity index (χ3n) is 2.96. The van der Waals surface area contributed by atoms with Crippen LogP contribution >= 0.6 is 56.5 Å². The second-order valence-electron chi connectivity index (χ2n) is 4.27. The summed E-state index contributed by atoms with van der Waals surface area (Å²) in [5.41, 5.74) is 0. The molecule has 2 unspecified atom stereocenters. The largest absolute Gasteiger partial charge is 0.143 e. The molecule has 0 nitrogen and oxygen atoms in total. The van der Waals surface area contributed by atoms with Crippen molar-refractivity contribution in [2.24, 2.45) is 0 Å². The van der Waals surface area contributed by atoms with E-state index < -0.39 is 0 Å². The number of thiophene rings is 1. The molecule has 0 amide bonds. The summed E-state index contributed by atoms with van der Waals surface area (Å²) in [6.45, 7) is 9.16. The molecule has 86 valence electrons. The molecule has 3 heteroatoms. The minimum Gasteiger partial charge on any atom is -0.143 e. The van der Waals surface area contributed by atoms with Crippen molar-refractivity contribution in [1.29, 1.82) is 0 Å². The van der Waals surface area contributed by atoms with Crippen molar-refractivity contribution in [3.05, 3.63) is 21.9 Å². The summed E-state index contributed by atoms with van der Waals surface area (Å²) in [5, 5.41) is 0. The lowest BCUT2D eigenvalue weighted by Gasteiger charge is -2.20. The van der Waals surface area contributed by atoms with Gasteiger partial charge in [0.25, 0.3) is 0 Å². The van der Waals surface area contributed by atoms with Crippen LogP contribution in [0, 0.1) is 0 Å². The van der Waals surface area contributed by atoms with Crippen LogP contribution in [0.1, 0.15) is 50.3 Å². The van der Waals surface area contributed by atoms with Gasteiger partial charge in [-0.1, -0.05) is 59.0 Å². The summed E-state index contributed by atoms with van der Waals surface area (Å²) in [7, 11) is 0. The Morgan fingerprint density at radius 2 is 1.33 bits per heavy atom. The summed E-state index contributed by atoms with van der Waals surface area (Å²) in [6.07, 6.45) is 2.38. The maximum absolute atomic E-state index is 2.57. The van der Waals surface area contributed by atoms with E-state index in [0.717, 1.165) is 0 Å². The van der Waals surface area contributed by atoms with Gasteiger partial charge in [-0.25, -0.2) is 0 Å². The van der Waals surface area contributed by atoms with Crippen LogP contribution in [0.3, 0.4) is 0 Å². The molecule has 0 aromatic carbocycles. The number of alkyl halides is 2. The molecule has 0 aliphatic rings. The molecular weight excluding hydrogens is 430 g/mol. The van der Waals surface area contributed by atoms with Crippen molar-refractivity contribution >= 4 is 56.5 Å². The minimum atomic E-state index is 0.307. The highest BCUT2D eigenvalue weighted by atomic mass is 127. The van der Waals surface area contributed by atoms with E-state index >= 15 is 0 Å². The molecule has 0 saturated heterocycles. The third kappa shape index (κ3) is 3.31. The Bertz CT molecular complexity index is 296. The maximum Gasteiger partial charge on any atom is 0.0533 e. The first-order chi connectivity index (χ1) is 6.83. The Balaban J connectivity index is 3.00. The smallest absolute Gasteiger partial charge is 0.0533 e. The van der Waals surface area contributed by atoms with Gasteiger partial charge in [-0.3, -0.25) is 0 Å². The molecule has 0 N–H and O–H groups in total. The van der Waals surface area contributed by atoms with Gasteiger partial charge in [0, 0.05) is 9.75 Å². The van der Waals surface area contributed by atoms with Gasteiger partial charge in [0.2, 0.25) is 0 Å². The van der Waals surface area contributed by atoms with Crippen molar-refractivity contribution in [2.45, 2.75) is 47.4 Å². The van der Waals surface area contributed by atoms with E-state index in [0.29, 0.717) is 6.84 Å². The lowest BCUT2D eigenvalue weighted by molar-refractivity contribution is 0.713. The predicted molar refractivity (Wildman–Crippen MR) is 87.6 cm³/mol. The van der Waals surface area contributed by atoms with Crippen LogP contribution in [-0.2, 0) is 6.84 Å². The highest BCUT2D eigenvalue weighted by Gasteiger charge is 2.27. The molecule has 1 rings (SSSR count). The second-order valence-corrected chi connectivity index (χ2v) is 10.1. The van der Waals surface area contributed by atoms with Crippen molar-refractivity contribution in [1.82, 2.24) is 0 Å². The Morgan fingerprint density at radius 1 is 1.00 bits per heavy atom. The Kier molecular flexibility index (Phi) is 4.94. The molecule has 1 aromatic heterocycles. The van der Waals surface area contributed by atoms with Crippen molar-refractivity contribution in [2.75, 3.05) is 0 Å². The van der Waals surface area contributed by atoms with Gasteiger partial charge in [-0.05, 0) is 38.8 Å². The molecular formula is C12H18I2S. The SMILES string of the molecule is CCC(C)(I)c1ccc(C(C)(I)CC)s1.